The summed E-state index contributed by atoms with van der Waals surface area (Å²) in [4.78, 5) is 21.5. The Labute approximate surface area is 77.9 Å². The van der Waals surface area contributed by atoms with E-state index in [9.17, 15) is 14.7 Å². The van der Waals surface area contributed by atoms with Crippen molar-refractivity contribution in [2.24, 2.45) is 11.3 Å². The normalized spacial score (nSPS) is 11.5. The highest BCUT2D eigenvalue weighted by molar-refractivity contribution is 5.75. The lowest BCUT2D eigenvalue weighted by Crippen LogP contribution is -2.30. The minimum absolute atomic E-state index is 0.146. The number of hydrogen-bond acceptors (Lipinski definition) is 3. The molecule has 0 bridgehead atoms. The van der Waals surface area contributed by atoms with Crippen LogP contribution in [0.4, 0.5) is 0 Å². The molecule has 0 fully saturated rings. The fraction of sp³-hybridized carbons (Fsp3) is 0.778. The van der Waals surface area contributed by atoms with Crippen molar-refractivity contribution in [1.29, 1.82) is 0 Å². The third kappa shape index (κ3) is 3.92. The highest BCUT2D eigenvalue weighted by Gasteiger charge is 2.31. The van der Waals surface area contributed by atoms with E-state index in [1.54, 1.807) is 13.8 Å². The van der Waals surface area contributed by atoms with Gasteiger partial charge in [-0.1, -0.05) is 13.8 Å². The predicted octanol–water partition coefficient (Wildman–Crippen LogP) is 1.17. The lowest BCUT2D eigenvalue weighted by Gasteiger charge is -2.17. The van der Waals surface area contributed by atoms with Crippen LogP contribution in [0.15, 0.2) is 0 Å². The number of ether oxygens (including phenoxy) is 1. The monoisotopic (exact) mass is 187 g/mol. The summed E-state index contributed by atoms with van der Waals surface area (Å²) in [6.45, 7) is 6.14. The second-order valence-electron chi connectivity index (χ2n) is 3.93. The van der Waals surface area contributed by atoms with Gasteiger partial charge in [-0.3, -0.25) is 4.79 Å². The summed E-state index contributed by atoms with van der Waals surface area (Å²) in [5.41, 5.74) is -1.12. The van der Waals surface area contributed by atoms with Gasteiger partial charge >= 0.3 is 11.9 Å². The maximum Gasteiger partial charge on any atom is 0.364 e. The highest BCUT2D eigenvalue weighted by Crippen LogP contribution is 2.16. The van der Waals surface area contributed by atoms with E-state index in [2.05, 4.69) is 0 Å². The zero-order chi connectivity index (χ0) is 10.6. The van der Waals surface area contributed by atoms with Crippen molar-refractivity contribution in [3.05, 3.63) is 0 Å². The molecule has 0 aromatic carbocycles. The Morgan fingerprint density at radius 1 is 1.31 bits per heavy atom. The van der Waals surface area contributed by atoms with Crippen molar-refractivity contribution in [2.75, 3.05) is 6.61 Å². The zero-order valence-corrected chi connectivity index (χ0v) is 8.42. The van der Waals surface area contributed by atoms with Gasteiger partial charge in [-0.2, -0.15) is 0 Å². The average molecular weight is 187 g/mol. The summed E-state index contributed by atoms with van der Waals surface area (Å²) >= 11 is 0. The second kappa shape index (κ2) is 4.25. The van der Waals surface area contributed by atoms with Crippen molar-refractivity contribution in [3.8, 4) is 0 Å². The number of hydrogen-bond donors (Lipinski definition) is 0. The molecule has 0 saturated carbocycles. The van der Waals surface area contributed by atoms with Crippen LogP contribution >= 0.6 is 0 Å². The molecule has 4 heteroatoms. The van der Waals surface area contributed by atoms with E-state index in [-0.39, 0.29) is 12.5 Å². The Kier molecular flexibility index (Phi) is 3.91. The standard InChI is InChI=1S/C9H15O4/c1-6(2)7(10)13-5-9(3,4)8(11)12/h6H,5H2,1-4H3. The molecule has 75 valence electrons. The van der Waals surface area contributed by atoms with Gasteiger partial charge in [0.2, 0.25) is 0 Å². The molecule has 0 unspecified atom stereocenters. The molecule has 0 rings (SSSR count). The van der Waals surface area contributed by atoms with E-state index in [4.69, 9.17) is 4.74 Å². The third-order valence-electron chi connectivity index (χ3n) is 1.60. The van der Waals surface area contributed by atoms with Gasteiger partial charge < -0.3 is 4.74 Å². The Balaban J connectivity index is 4.03. The molecule has 0 aromatic heterocycles. The lowest BCUT2D eigenvalue weighted by molar-refractivity contribution is -0.162. The molecule has 0 aliphatic heterocycles. The molecular formula is C9H15O4. The Bertz CT molecular complexity index is 206. The van der Waals surface area contributed by atoms with Gasteiger partial charge in [0.25, 0.3) is 0 Å². The molecular weight excluding hydrogens is 172 g/mol. The molecule has 1 radical (unpaired) electrons. The molecule has 0 atom stereocenters. The average Bonchev–Trinajstić information content (AvgIpc) is 1.99. The molecule has 0 N–H and O–H groups in total. The minimum atomic E-state index is -1.22. The first kappa shape index (κ1) is 11.9. The van der Waals surface area contributed by atoms with Crippen LogP contribution in [0.5, 0.6) is 0 Å². The van der Waals surface area contributed by atoms with Crippen LogP contribution in [0.2, 0.25) is 0 Å². The first-order valence-corrected chi connectivity index (χ1v) is 4.15. The van der Waals surface area contributed by atoms with Gasteiger partial charge in [0.1, 0.15) is 12.0 Å². The smallest absolute Gasteiger partial charge is 0.364 e. The second-order valence-corrected chi connectivity index (χ2v) is 3.93. The Morgan fingerprint density at radius 2 is 1.77 bits per heavy atom. The zero-order valence-electron chi connectivity index (χ0n) is 8.42. The van der Waals surface area contributed by atoms with Crippen molar-refractivity contribution >= 4 is 11.9 Å². The van der Waals surface area contributed by atoms with Crippen LogP contribution in [0.25, 0.3) is 0 Å². The molecule has 0 aliphatic carbocycles. The molecule has 13 heavy (non-hydrogen) atoms. The van der Waals surface area contributed by atoms with Gasteiger partial charge in [0.05, 0.1) is 5.92 Å². The van der Waals surface area contributed by atoms with Crippen LogP contribution in [0.3, 0.4) is 0 Å². The fourth-order valence-corrected chi connectivity index (χ4v) is 0.477. The first-order chi connectivity index (χ1) is 5.77. The van der Waals surface area contributed by atoms with Gasteiger partial charge in [-0.25, -0.2) is 9.90 Å². The number of rotatable bonds is 4. The number of carbonyl (C=O) groups is 2. The maximum absolute atomic E-state index is 11.0. The molecule has 4 nitrogen and oxygen atoms in total. The van der Waals surface area contributed by atoms with E-state index in [1.165, 1.54) is 13.8 Å². The van der Waals surface area contributed by atoms with Crippen LogP contribution in [0, 0.1) is 11.3 Å². The third-order valence-corrected chi connectivity index (χ3v) is 1.60. The molecule has 0 spiro atoms. The number of carbonyl (C=O) groups excluding carboxylic acids is 2. The van der Waals surface area contributed by atoms with E-state index >= 15 is 0 Å². The highest BCUT2D eigenvalue weighted by atomic mass is 16.5. The van der Waals surface area contributed by atoms with Crippen molar-refractivity contribution in [3.63, 3.8) is 0 Å². The minimum Gasteiger partial charge on any atom is -0.464 e. The van der Waals surface area contributed by atoms with Gasteiger partial charge in [0.15, 0.2) is 0 Å². The van der Waals surface area contributed by atoms with Crippen molar-refractivity contribution in [2.45, 2.75) is 27.7 Å². The first-order valence-electron chi connectivity index (χ1n) is 4.15. The lowest BCUT2D eigenvalue weighted by atomic mass is 9.95. The van der Waals surface area contributed by atoms with Crippen LogP contribution in [-0.2, 0) is 19.4 Å². The summed E-state index contributed by atoms with van der Waals surface area (Å²) < 4.78 is 4.77. The molecule has 0 heterocycles. The summed E-state index contributed by atoms with van der Waals surface area (Å²) in [7, 11) is 0. The van der Waals surface area contributed by atoms with E-state index in [0.717, 1.165) is 0 Å². The van der Waals surface area contributed by atoms with E-state index < -0.39 is 17.4 Å². The molecule has 0 aliphatic rings. The number of esters is 1. The van der Waals surface area contributed by atoms with Crippen molar-refractivity contribution < 1.29 is 19.4 Å². The molecule has 0 amide bonds. The van der Waals surface area contributed by atoms with Crippen LogP contribution in [0.1, 0.15) is 27.7 Å². The van der Waals surface area contributed by atoms with Gasteiger partial charge in [-0.05, 0) is 13.8 Å². The summed E-state index contributed by atoms with van der Waals surface area (Å²) in [6, 6.07) is 0. The summed E-state index contributed by atoms with van der Waals surface area (Å²) in [5, 5.41) is 10.5. The Hall–Kier alpha value is -1.06. The molecule has 0 saturated heterocycles. The quantitative estimate of drug-likeness (QED) is 0.620. The summed E-state index contributed by atoms with van der Waals surface area (Å²) in [5.74, 6) is -1.85. The van der Waals surface area contributed by atoms with E-state index in [1.807, 2.05) is 0 Å². The predicted molar refractivity (Wildman–Crippen MR) is 45.3 cm³/mol. The van der Waals surface area contributed by atoms with Gasteiger partial charge in [0, 0.05) is 0 Å². The van der Waals surface area contributed by atoms with Crippen molar-refractivity contribution in [1.82, 2.24) is 0 Å². The van der Waals surface area contributed by atoms with Crippen LogP contribution in [-0.4, -0.2) is 18.5 Å². The summed E-state index contributed by atoms with van der Waals surface area (Å²) in [6.07, 6.45) is 0. The van der Waals surface area contributed by atoms with Gasteiger partial charge in [-0.15, -0.1) is 0 Å². The SMILES string of the molecule is CC(C)C(=O)OCC(C)(C)C([O])=O. The fourth-order valence-electron chi connectivity index (χ4n) is 0.477. The Morgan fingerprint density at radius 3 is 2.08 bits per heavy atom. The maximum atomic E-state index is 11.0. The topological polar surface area (TPSA) is 63.3 Å². The largest absolute Gasteiger partial charge is 0.464 e. The molecule has 0 aromatic rings. The van der Waals surface area contributed by atoms with E-state index in [0.29, 0.717) is 0 Å². The van der Waals surface area contributed by atoms with Crippen LogP contribution < -0.4 is 0 Å².